The molecule has 1 atom stereocenters. The number of hydrogen-bond acceptors (Lipinski definition) is 2. The van der Waals surface area contributed by atoms with Gasteiger partial charge in [-0.25, -0.2) is 0 Å². The van der Waals surface area contributed by atoms with Crippen molar-refractivity contribution in [1.82, 2.24) is 9.80 Å². The third-order valence-electron chi connectivity index (χ3n) is 7.15. The molecule has 3 aromatic carbocycles. The predicted molar refractivity (Wildman–Crippen MR) is 136 cm³/mol. The molecule has 1 unspecified atom stereocenters. The molecule has 0 aromatic heterocycles. The molecule has 0 radical (unpaired) electrons. The van der Waals surface area contributed by atoms with Crippen LogP contribution < -0.4 is 0 Å². The maximum absolute atomic E-state index is 13.1. The highest BCUT2D eigenvalue weighted by atomic mass is 35.5. The lowest BCUT2D eigenvalue weighted by Gasteiger charge is -2.36. The Morgan fingerprint density at radius 1 is 0.758 bits per heavy atom. The molecule has 3 aromatic rings. The van der Waals surface area contributed by atoms with E-state index < -0.39 is 0 Å². The molecule has 2 fully saturated rings. The quantitative estimate of drug-likeness (QED) is 0.413. The van der Waals surface area contributed by atoms with Crippen LogP contribution in [0, 0.1) is 0 Å². The molecule has 2 aliphatic rings. The first kappa shape index (κ1) is 22.5. The fourth-order valence-corrected chi connectivity index (χ4v) is 5.51. The van der Waals surface area contributed by atoms with E-state index >= 15 is 0 Å². The Hall–Kier alpha value is -2.33. The van der Waals surface area contributed by atoms with Crippen LogP contribution in [0.5, 0.6) is 0 Å². The van der Waals surface area contributed by atoms with E-state index in [4.69, 9.17) is 23.2 Å². The number of carbonyl (C=O) groups excluding carboxylic acids is 1. The van der Waals surface area contributed by atoms with E-state index in [0.717, 1.165) is 49.3 Å². The summed E-state index contributed by atoms with van der Waals surface area (Å²) < 4.78 is 0. The molecule has 33 heavy (non-hydrogen) atoms. The van der Waals surface area contributed by atoms with Gasteiger partial charge in [0.25, 0.3) is 5.91 Å². The zero-order valence-electron chi connectivity index (χ0n) is 18.6. The average molecular weight is 479 g/mol. The molecule has 0 saturated carbocycles. The van der Waals surface area contributed by atoms with Gasteiger partial charge in [0.05, 0.1) is 10.0 Å². The second-order valence-electron chi connectivity index (χ2n) is 9.12. The summed E-state index contributed by atoms with van der Waals surface area (Å²) >= 11 is 12.2. The minimum Gasteiger partial charge on any atom is -0.337 e. The molecular weight excluding hydrogens is 451 g/mol. The molecule has 0 N–H and O–H groups in total. The van der Waals surface area contributed by atoms with Crippen LogP contribution in [0.25, 0.3) is 11.1 Å². The van der Waals surface area contributed by atoms with E-state index in [-0.39, 0.29) is 5.91 Å². The summed E-state index contributed by atoms with van der Waals surface area (Å²) in [4.78, 5) is 17.7. The van der Waals surface area contributed by atoms with Gasteiger partial charge in [-0.2, -0.15) is 0 Å². The topological polar surface area (TPSA) is 23.6 Å². The van der Waals surface area contributed by atoms with Crippen molar-refractivity contribution in [3.05, 3.63) is 94.0 Å². The van der Waals surface area contributed by atoms with Gasteiger partial charge in [-0.1, -0.05) is 71.7 Å². The van der Waals surface area contributed by atoms with Crippen LogP contribution in [0.15, 0.2) is 72.8 Å². The van der Waals surface area contributed by atoms with Gasteiger partial charge in [0, 0.05) is 24.7 Å². The van der Waals surface area contributed by atoms with Crippen LogP contribution in [-0.4, -0.2) is 47.9 Å². The SMILES string of the molecule is O=C(c1ccc(-c2ccc(Cl)c(Cl)c2)cc1)N1CCC(N2CCC(c3ccccc3)CC2)C1. The molecule has 0 aliphatic carbocycles. The summed E-state index contributed by atoms with van der Waals surface area (Å²) in [6.07, 6.45) is 3.46. The fourth-order valence-electron chi connectivity index (χ4n) is 5.21. The van der Waals surface area contributed by atoms with Crippen molar-refractivity contribution in [1.29, 1.82) is 0 Å². The lowest BCUT2D eigenvalue weighted by molar-refractivity contribution is 0.0769. The Morgan fingerprint density at radius 2 is 1.45 bits per heavy atom. The Kier molecular flexibility index (Phi) is 6.73. The highest BCUT2D eigenvalue weighted by Crippen LogP contribution is 2.31. The van der Waals surface area contributed by atoms with Gasteiger partial charge in [0.1, 0.15) is 0 Å². The molecule has 1 amide bonds. The number of piperidine rings is 1. The molecule has 3 nitrogen and oxygen atoms in total. The van der Waals surface area contributed by atoms with Crippen molar-refractivity contribution in [3.63, 3.8) is 0 Å². The van der Waals surface area contributed by atoms with Crippen molar-refractivity contribution in [2.45, 2.75) is 31.2 Å². The lowest BCUT2D eigenvalue weighted by Crippen LogP contribution is -2.43. The van der Waals surface area contributed by atoms with Crippen molar-refractivity contribution < 1.29 is 4.79 Å². The normalized spacial score (nSPS) is 19.7. The van der Waals surface area contributed by atoms with E-state index in [2.05, 4.69) is 35.2 Å². The second kappa shape index (κ2) is 9.89. The number of likely N-dealkylation sites (tertiary alicyclic amines) is 2. The van der Waals surface area contributed by atoms with Crippen LogP contribution in [0.1, 0.15) is 41.1 Å². The first-order chi connectivity index (χ1) is 16.1. The maximum Gasteiger partial charge on any atom is 0.253 e. The van der Waals surface area contributed by atoms with Crippen molar-refractivity contribution >= 4 is 29.1 Å². The van der Waals surface area contributed by atoms with Crippen LogP contribution in [0.2, 0.25) is 10.0 Å². The molecule has 0 bridgehead atoms. The molecule has 2 aliphatic heterocycles. The number of halogens is 2. The predicted octanol–water partition coefficient (Wildman–Crippen LogP) is 6.75. The fraction of sp³-hybridized carbons (Fsp3) is 0.321. The molecular formula is C28H28Cl2N2O. The Labute approximate surface area is 205 Å². The summed E-state index contributed by atoms with van der Waals surface area (Å²) in [5.41, 5.74) is 4.21. The molecule has 0 spiro atoms. The molecule has 5 heteroatoms. The molecule has 2 heterocycles. The van der Waals surface area contributed by atoms with Crippen molar-refractivity contribution in [3.8, 4) is 11.1 Å². The van der Waals surface area contributed by atoms with E-state index in [0.29, 0.717) is 22.0 Å². The first-order valence-electron chi connectivity index (χ1n) is 11.7. The number of hydrogen-bond donors (Lipinski definition) is 0. The van der Waals surface area contributed by atoms with Gasteiger partial charge < -0.3 is 4.90 Å². The highest BCUT2D eigenvalue weighted by Gasteiger charge is 2.33. The summed E-state index contributed by atoms with van der Waals surface area (Å²) in [5, 5.41) is 1.07. The number of amides is 1. The average Bonchev–Trinajstić information content (AvgIpc) is 3.36. The van der Waals surface area contributed by atoms with Crippen molar-refractivity contribution in [2.24, 2.45) is 0 Å². The zero-order valence-corrected chi connectivity index (χ0v) is 20.1. The van der Waals surface area contributed by atoms with Crippen molar-refractivity contribution in [2.75, 3.05) is 26.2 Å². The third kappa shape index (κ3) is 4.96. The lowest BCUT2D eigenvalue weighted by atomic mass is 9.89. The van der Waals surface area contributed by atoms with Gasteiger partial charge in [-0.15, -0.1) is 0 Å². The van der Waals surface area contributed by atoms with Crippen LogP contribution in [-0.2, 0) is 0 Å². The highest BCUT2D eigenvalue weighted by molar-refractivity contribution is 6.42. The Balaban J connectivity index is 1.17. The van der Waals surface area contributed by atoms with Crippen LogP contribution >= 0.6 is 23.2 Å². The third-order valence-corrected chi connectivity index (χ3v) is 7.89. The molecule has 5 rings (SSSR count). The monoisotopic (exact) mass is 478 g/mol. The molecule has 2 saturated heterocycles. The number of rotatable bonds is 4. The van der Waals surface area contributed by atoms with Crippen LogP contribution in [0.4, 0.5) is 0 Å². The second-order valence-corrected chi connectivity index (χ2v) is 9.94. The summed E-state index contributed by atoms with van der Waals surface area (Å²) in [6, 6.07) is 24.7. The van der Waals surface area contributed by atoms with E-state index in [1.165, 1.54) is 18.4 Å². The van der Waals surface area contributed by atoms with Gasteiger partial charge in [-0.3, -0.25) is 9.69 Å². The minimum absolute atomic E-state index is 0.123. The van der Waals surface area contributed by atoms with E-state index in [1.54, 1.807) is 6.07 Å². The van der Waals surface area contributed by atoms with Gasteiger partial charge in [0.15, 0.2) is 0 Å². The van der Waals surface area contributed by atoms with Gasteiger partial charge >= 0.3 is 0 Å². The number of nitrogens with zero attached hydrogens (tertiary/aromatic N) is 2. The summed E-state index contributed by atoms with van der Waals surface area (Å²) in [6.45, 7) is 3.88. The first-order valence-corrected chi connectivity index (χ1v) is 12.5. The largest absolute Gasteiger partial charge is 0.337 e. The minimum atomic E-state index is 0.123. The van der Waals surface area contributed by atoms with Gasteiger partial charge in [-0.05, 0) is 79.2 Å². The molecule has 170 valence electrons. The van der Waals surface area contributed by atoms with Crippen LogP contribution in [0.3, 0.4) is 0 Å². The maximum atomic E-state index is 13.1. The Morgan fingerprint density at radius 3 is 2.15 bits per heavy atom. The van der Waals surface area contributed by atoms with E-state index in [9.17, 15) is 4.79 Å². The zero-order chi connectivity index (χ0) is 22.8. The Bertz CT molecular complexity index is 1110. The number of carbonyl (C=O) groups is 1. The smallest absolute Gasteiger partial charge is 0.253 e. The van der Waals surface area contributed by atoms with Gasteiger partial charge in [0.2, 0.25) is 0 Å². The standard InChI is InChI=1S/C28H28Cl2N2O/c29-26-11-10-24(18-27(26)30)21-6-8-23(9-7-21)28(33)32-17-14-25(19-32)31-15-12-22(13-16-31)20-4-2-1-3-5-20/h1-11,18,22,25H,12-17,19H2. The summed E-state index contributed by atoms with van der Waals surface area (Å²) in [7, 11) is 0. The van der Waals surface area contributed by atoms with E-state index in [1.807, 2.05) is 41.3 Å². The number of benzene rings is 3. The summed E-state index contributed by atoms with van der Waals surface area (Å²) in [5.74, 6) is 0.785.